The lowest BCUT2D eigenvalue weighted by Gasteiger charge is -2.30. The molecule has 2 aromatic carbocycles. The van der Waals surface area contributed by atoms with Crippen molar-refractivity contribution in [3.63, 3.8) is 0 Å². The van der Waals surface area contributed by atoms with Crippen LogP contribution in [0.3, 0.4) is 0 Å². The zero-order valence-corrected chi connectivity index (χ0v) is 15.3. The first-order chi connectivity index (χ1) is 12.0. The first-order valence-corrected chi connectivity index (χ1v) is 8.93. The molecule has 1 heterocycles. The van der Waals surface area contributed by atoms with Crippen LogP contribution in [-0.2, 0) is 9.59 Å². The fourth-order valence-electron chi connectivity index (χ4n) is 3.07. The highest BCUT2D eigenvalue weighted by Crippen LogP contribution is 2.37. The molecule has 0 radical (unpaired) electrons. The van der Waals surface area contributed by atoms with Gasteiger partial charge in [0.25, 0.3) is 0 Å². The third-order valence-corrected chi connectivity index (χ3v) is 4.67. The lowest BCUT2D eigenvalue weighted by Crippen LogP contribution is -2.38. The smallest absolute Gasteiger partial charge is 0.244 e. The minimum atomic E-state index is -0.453. The van der Waals surface area contributed by atoms with Crippen molar-refractivity contribution >= 4 is 33.4 Å². The Morgan fingerprint density at radius 3 is 2.68 bits per heavy atom. The van der Waals surface area contributed by atoms with E-state index in [2.05, 4.69) is 21.2 Å². The van der Waals surface area contributed by atoms with E-state index in [1.165, 1.54) is 12.1 Å². The average Bonchev–Trinajstić information content (AvgIpc) is 2.72. The fourth-order valence-corrected chi connectivity index (χ4v) is 3.45. The predicted octanol–water partition coefficient (Wildman–Crippen LogP) is 4.26. The SMILES string of the molecule is CCCC(=O)N1CC(=O)Nc2ccc(Br)cc2[C@H]1c1ccc(F)cc1. The van der Waals surface area contributed by atoms with Gasteiger partial charge in [0, 0.05) is 22.1 Å². The molecule has 1 N–H and O–H groups in total. The van der Waals surface area contributed by atoms with Crippen LogP contribution < -0.4 is 5.32 Å². The van der Waals surface area contributed by atoms with Crippen LogP contribution in [0.2, 0.25) is 0 Å². The van der Waals surface area contributed by atoms with Crippen molar-refractivity contribution in [3.8, 4) is 0 Å². The number of hydrogen-bond acceptors (Lipinski definition) is 2. The second-order valence-corrected chi connectivity index (χ2v) is 6.92. The highest BCUT2D eigenvalue weighted by molar-refractivity contribution is 9.10. The molecule has 0 aliphatic carbocycles. The summed E-state index contributed by atoms with van der Waals surface area (Å²) in [6.45, 7) is 1.89. The van der Waals surface area contributed by atoms with E-state index in [0.717, 1.165) is 15.6 Å². The Morgan fingerprint density at radius 2 is 2.00 bits per heavy atom. The zero-order valence-electron chi connectivity index (χ0n) is 13.8. The molecule has 4 nitrogen and oxygen atoms in total. The summed E-state index contributed by atoms with van der Waals surface area (Å²) in [6, 6.07) is 11.1. The quantitative estimate of drug-likeness (QED) is 0.830. The third-order valence-electron chi connectivity index (χ3n) is 4.18. The molecule has 0 aromatic heterocycles. The minimum absolute atomic E-state index is 0.0345. The largest absolute Gasteiger partial charge is 0.324 e. The number of benzene rings is 2. The maximum atomic E-state index is 13.4. The van der Waals surface area contributed by atoms with Crippen molar-refractivity contribution in [1.29, 1.82) is 0 Å². The number of carbonyl (C=O) groups excluding carboxylic acids is 2. The number of fused-ring (bicyclic) bond motifs is 1. The zero-order chi connectivity index (χ0) is 18.0. The molecule has 25 heavy (non-hydrogen) atoms. The van der Waals surface area contributed by atoms with Crippen LogP contribution in [0.4, 0.5) is 10.1 Å². The number of nitrogens with one attached hydrogen (secondary N) is 1. The second kappa shape index (κ2) is 7.35. The minimum Gasteiger partial charge on any atom is -0.324 e. The number of anilines is 1. The van der Waals surface area contributed by atoms with Gasteiger partial charge < -0.3 is 10.2 Å². The Labute approximate surface area is 154 Å². The van der Waals surface area contributed by atoms with E-state index >= 15 is 0 Å². The lowest BCUT2D eigenvalue weighted by atomic mass is 9.95. The number of halogens is 2. The summed E-state index contributed by atoms with van der Waals surface area (Å²) in [5.74, 6) is -0.676. The normalized spacial score (nSPS) is 16.8. The molecule has 130 valence electrons. The van der Waals surface area contributed by atoms with Gasteiger partial charge in [-0.15, -0.1) is 0 Å². The standard InChI is InChI=1S/C19H18BrFN2O2/c1-2-3-18(25)23-11-17(24)22-16-9-6-13(20)10-15(16)19(23)12-4-7-14(21)8-5-12/h4-10,19H,2-3,11H2,1H3,(H,22,24)/t19-/m1/s1. The van der Waals surface area contributed by atoms with Crippen molar-refractivity contribution in [3.05, 3.63) is 63.9 Å². The van der Waals surface area contributed by atoms with Crippen LogP contribution in [-0.4, -0.2) is 23.3 Å². The lowest BCUT2D eigenvalue weighted by molar-refractivity contribution is -0.136. The monoisotopic (exact) mass is 404 g/mol. The molecule has 6 heteroatoms. The Bertz CT molecular complexity index is 808. The number of hydrogen-bond donors (Lipinski definition) is 1. The first-order valence-electron chi connectivity index (χ1n) is 8.14. The molecule has 2 aromatic rings. The predicted molar refractivity (Wildman–Crippen MR) is 97.6 cm³/mol. The van der Waals surface area contributed by atoms with Crippen LogP contribution in [0.5, 0.6) is 0 Å². The molecule has 0 saturated carbocycles. The van der Waals surface area contributed by atoms with Crippen molar-refractivity contribution in [2.24, 2.45) is 0 Å². The summed E-state index contributed by atoms with van der Waals surface area (Å²) in [5, 5.41) is 2.86. The van der Waals surface area contributed by atoms with E-state index < -0.39 is 6.04 Å². The Balaban J connectivity index is 2.17. The van der Waals surface area contributed by atoms with Crippen LogP contribution >= 0.6 is 15.9 Å². The number of rotatable bonds is 3. The van der Waals surface area contributed by atoms with Crippen LogP contribution in [0.15, 0.2) is 46.9 Å². The summed E-state index contributed by atoms with van der Waals surface area (Å²) in [5.41, 5.74) is 2.23. The molecule has 1 aliphatic rings. The van der Waals surface area contributed by atoms with Gasteiger partial charge in [-0.3, -0.25) is 9.59 Å². The van der Waals surface area contributed by atoms with Crippen LogP contribution in [0, 0.1) is 5.82 Å². The molecule has 0 fully saturated rings. The van der Waals surface area contributed by atoms with Gasteiger partial charge in [0.05, 0.1) is 6.04 Å². The summed E-state index contributed by atoms with van der Waals surface area (Å²) in [4.78, 5) is 26.6. The molecule has 3 rings (SSSR count). The van der Waals surface area contributed by atoms with E-state index in [1.807, 2.05) is 25.1 Å². The van der Waals surface area contributed by atoms with Gasteiger partial charge in [0.15, 0.2) is 0 Å². The summed E-state index contributed by atoms with van der Waals surface area (Å²) in [7, 11) is 0. The summed E-state index contributed by atoms with van der Waals surface area (Å²) in [6.07, 6.45) is 1.05. The van der Waals surface area contributed by atoms with Gasteiger partial charge >= 0.3 is 0 Å². The van der Waals surface area contributed by atoms with Crippen molar-refractivity contribution in [2.45, 2.75) is 25.8 Å². The van der Waals surface area contributed by atoms with E-state index in [-0.39, 0.29) is 24.2 Å². The number of carbonyl (C=O) groups is 2. The molecule has 1 aliphatic heterocycles. The van der Waals surface area contributed by atoms with E-state index in [1.54, 1.807) is 17.0 Å². The Hall–Kier alpha value is -2.21. The van der Waals surface area contributed by atoms with Crippen LogP contribution in [0.25, 0.3) is 0 Å². The number of nitrogens with zero attached hydrogens (tertiary/aromatic N) is 1. The molecular weight excluding hydrogens is 387 g/mol. The molecule has 0 bridgehead atoms. The van der Waals surface area contributed by atoms with Crippen molar-refractivity contribution in [1.82, 2.24) is 4.90 Å². The third kappa shape index (κ3) is 3.74. The molecule has 1 atom stereocenters. The van der Waals surface area contributed by atoms with Gasteiger partial charge in [0.2, 0.25) is 11.8 Å². The highest BCUT2D eigenvalue weighted by atomic mass is 79.9. The Kier molecular flexibility index (Phi) is 5.18. The highest BCUT2D eigenvalue weighted by Gasteiger charge is 2.33. The van der Waals surface area contributed by atoms with Crippen molar-refractivity contribution < 1.29 is 14.0 Å². The van der Waals surface area contributed by atoms with E-state index in [9.17, 15) is 14.0 Å². The molecule has 0 spiro atoms. The molecule has 2 amide bonds. The summed E-state index contributed by atoms with van der Waals surface area (Å²) < 4.78 is 14.2. The molecular formula is C19H18BrFN2O2. The van der Waals surface area contributed by atoms with E-state index in [4.69, 9.17) is 0 Å². The van der Waals surface area contributed by atoms with Crippen molar-refractivity contribution in [2.75, 3.05) is 11.9 Å². The average molecular weight is 405 g/mol. The molecule has 0 unspecified atom stereocenters. The van der Waals surface area contributed by atoms with Crippen LogP contribution in [0.1, 0.15) is 36.9 Å². The Morgan fingerprint density at radius 1 is 1.28 bits per heavy atom. The van der Waals surface area contributed by atoms with Gasteiger partial charge in [-0.1, -0.05) is 35.0 Å². The van der Waals surface area contributed by atoms with Gasteiger partial charge in [0.1, 0.15) is 12.4 Å². The number of amides is 2. The topological polar surface area (TPSA) is 49.4 Å². The van der Waals surface area contributed by atoms with Gasteiger partial charge in [-0.25, -0.2) is 4.39 Å². The maximum Gasteiger partial charge on any atom is 0.244 e. The van der Waals surface area contributed by atoms with Gasteiger partial charge in [-0.2, -0.15) is 0 Å². The molecule has 0 saturated heterocycles. The second-order valence-electron chi connectivity index (χ2n) is 6.01. The maximum absolute atomic E-state index is 13.4. The first kappa shape index (κ1) is 17.6. The van der Waals surface area contributed by atoms with Gasteiger partial charge in [-0.05, 0) is 42.3 Å². The fraction of sp³-hybridized carbons (Fsp3) is 0.263. The van der Waals surface area contributed by atoms with E-state index in [0.29, 0.717) is 18.5 Å². The summed E-state index contributed by atoms with van der Waals surface area (Å²) >= 11 is 3.45.